The third kappa shape index (κ3) is 1.65. The lowest BCUT2D eigenvalue weighted by molar-refractivity contribution is 0.511. The third-order valence-electron chi connectivity index (χ3n) is 2.18. The second-order valence-corrected chi connectivity index (χ2v) is 4.51. The Balaban J connectivity index is 2.76. The smallest absolute Gasteiger partial charge is 0.187 e. The maximum Gasteiger partial charge on any atom is 0.187 e. The normalized spacial score (nSPS) is 11.6. The Kier molecular flexibility index (Phi) is 2.50. The molecule has 0 unspecified atom stereocenters. The molecule has 0 saturated heterocycles. The number of benzene rings is 1. The molecule has 0 aliphatic rings. The van der Waals surface area contributed by atoms with Crippen molar-refractivity contribution in [2.45, 2.75) is 19.8 Å². The molecule has 5 heteroatoms. The quantitative estimate of drug-likeness (QED) is 0.789. The summed E-state index contributed by atoms with van der Waals surface area (Å²) in [7, 11) is 0. The Morgan fingerprint density at radius 1 is 1.33 bits per heavy atom. The summed E-state index contributed by atoms with van der Waals surface area (Å²) in [6.07, 6.45) is 0. The lowest BCUT2D eigenvalue weighted by Gasteiger charge is -1.96. The lowest BCUT2D eigenvalue weighted by atomic mass is 10.2. The van der Waals surface area contributed by atoms with Gasteiger partial charge in [0.2, 0.25) is 0 Å². The Morgan fingerprint density at radius 2 is 2.00 bits per heavy atom. The van der Waals surface area contributed by atoms with Crippen LogP contribution >= 0.6 is 15.9 Å². The molecule has 0 spiro atoms. The van der Waals surface area contributed by atoms with E-state index in [1.54, 1.807) is 0 Å². The van der Waals surface area contributed by atoms with E-state index in [4.69, 9.17) is 0 Å². The van der Waals surface area contributed by atoms with E-state index in [1.807, 2.05) is 13.8 Å². The topological polar surface area (TPSA) is 28.7 Å². The van der Waals surface area contributed by atoms with Crippen LogP contribution in [0.25, 0.3) is 11.0 Å². The summed E-state index contributed by atoms with van der Waals surface area (Å²) in [5.74, 6) is -1.01. The van der Waals surface area contributed by atoms with Crippen LogP contribution in [0, 0.1) is 11.6 Å². The number of aromatic nitrogens is 2. The highest BCUT2D eigenvalue weighted by Crippen LogP contribution is 2.27. The molecule has 0 fully saturated rings. The zero-order valence-corrected chi connectivity index (χ0v) is 9.82. The first-order chi connectivity index (χ1) is 7.00. The fraction of sp³-hybridized carbons (Fsp3) is 0.300. The number of hydrogen-bond acceptors (Lipinski definition) is 1. The van der Waals surface area contributed by atoms with Crippen molar-refractivity contribution in [1.29, 1.82) is 0 Å². The van der Waals surface area contributed by atoms with Gasteiger partial charge in [-0.15, -0.1) is 0 Å². The van der Waals surface area contributed by atoms with Crippen LogP contribution in [0.3, 0.4) is 0 Å². The third-order valence-corrected chi connectivity index (χ3v) is 2.76. The van der Waals surface area contributed by atoms with Crippen molar-refractivity contribution >= 4 is 27.0 Å². The minimum Gasteiger partial charge on any atom is -0.342 e. The average molecular weight is 275 g/mol. The van der Waals surface area contributed by atoms with E-state index in [0.717, 1.165) is 0 Å². The van der Waals surface area contributed by atoms with E-state index in [-0.39, 0.29) is 15.9 Å². The van der Waals surface area contributed by atoms with Crippen LogP contribution in [0.15, 0.2) is 10.5 Å². The van der Waals surface area contributed by atoms with Gasteiger partial charge in [0.25, 0.3) is 0 Å². The first kappa shape index (κ1) is 10.5. The minimum atomic E-state index is -0.914. The molecule has 0 amide bonds. The predicted molar refractivity (Wildman–Crippen MR) is 57.8 cm³/mol. The summed E-state index contributed by atoms with van der Waals surface area (Å²) in [6, 6.07) is 1.49. The van der Waals surface area contributed by atoms with Crippen LogP contribution in [-0.4, -0.2) is 9.97 Å². The van der Waals surface area contributed by atoms with Gasteiger partial charge >= 0.3 is 0 Å². The monoisotopic (exact) mass is 274 g/mol. The van der Waals surface area contributed by atoms with Crippen LogP contribution in [0.5, 0.6) is 0 Å². The SMILES string of the molecule is CC(C)c1nc2c(F)c(F)c(Br)cc2[nH]1. The van der Waals surface area contributed by atoms with Gasteiger partial charge in [0.15, 0.2) is 11.6 Å². The number of rotatable bonds is 1. The Hall–Kier alpha value is -0.970. The fourth-order valence-corrected chi connectivity index (χ4v) is 1.75. The predicted octanol–water partition coefficient (Wildman–Crippen LogP) is 3.73. The van der Waals surface area contributed by atoms with Gasteiger partial charge in [-0.3, -0.25) is 0 Å². The number of hydrogen-bond donors (Lipinski definition) is 1. The standard InChI is InChI=1S/C10H9BrF2N2/c1-4(2)10-14-6-3-5(11)7(12)8(13)9(6)15-10/h3-4H,1-2H3,(H,14,15). The lowest BCUT2D eigenvalue weighted by Crippen LogP contribution is -1.89. The van der Waals surface area contributed by atoms with E-state index in [0.29, 0.717) is 11.3 Å². The van der Waals surface area contributed by atoms with Gasteiger partial charge in [-0.2, -0.15) is 0 Å². The maximum absolute atomic E-state index is 13.4. The summed E-state index contributed by atoms with van der Waals surface area (Å²) in [5, 5.41) is 0. The van der Waals surface area contributed by atoms with E-state index in [2.05, 4.69) is 25.9 Å². The molecule has 0 radical (unpaired) electrons. The van der Waals surface area contributed by atoms with E-state index in [1.165, 1.54) is 6.07 Å². The molecule has 0 saturated carbocycles. The van der Waals surface area contributed by atoms with Gasteiger partial charge in [0.05, 0.1) is 9.99 Å². The molecule has 1 aromatic carbocycles. The first-order valence-corrected chi connectivity index (χ1v) is 5.33. The number of aromatic amines is 1. The zero-order valence-electron chi connectivity index (χ0n) is 8.24. The van der Waals surface area contributed by atoms with Gasteiger partial charge in [-0.1, -0.05) is 13.8 Å². The van der Waals surface area contributed by atoms with Crippen LogP contribution < -0.4 is 0 Å². The van der Waals surface area contributed by atoms with Crippen molar-refractivity contribution in [3.8, 4) is 0 Å². The molecule has 0 atom stereocenters. The molecule has 0 aliphatic heterocycles. The van der Waals surface area contributed by atoms with E-state index < -0.39 is 11.6 Å². The maximum atomic E-state index is 13.4. The molecule has 2 nitrogen and oxygen atoms in total. The molecule has 1 N–H and O–H groups in total. The number of H-pyrrole nitrogens is 1. The van der Waals surface area contributed by atoms with Gasteiger partial charge in [-0.05, 0) is 22.0 Å². The molecule has 15 heavy (non-hydrogen) atoms. The van der Waals surface area contributed by atoms with Crippen molar-refractivity contribution in [3.63, 3.8) is 0 Å². The molecule has 2 rings (SSSR count). The van der Waals surface area contributed by atoms with Crippen molar-refractivity contribution in [2.24, 2.45) is 0 Å². The molecule has 1 heterocycles. The van der Waals surface area contributed by atoms with Crippen molar-refractivity contribution in [1.82, 2.24) is 9.97 Å². The molecule has 0 aliphatic carbocycles. The number of halogens is 3. The van der Waals surface area contributed by atoms with Gasteiger partial charge in [0, 0.05) is 5.92 Å². The summed E-state index contributed by atoms with van der Waals surface area (Å²) >= 11 is 2.95. The Bertz CT molecular complexity index is 520. The van der Waals surface area contributed by atoms with Gasteiger partial charge in [-0.25, -0.2) is 13.8 Å². The van der Waals surface area contributed by atoms with Crippen molar-refractivity contribution in [2.75, 3.05) is 0 Å². The average Bonchev–Trinajstić information content (AvgIpc) is 2.58. The highest BCUT2D eigenvalue weighted by atomic mass is 79.9. The highest BCUT2D eigenvalue weighted by Gasteiger charge is 2.16. The van der Waals surface area contributed by atoms with Crippen LogP contribution in [0.4, 0.5) is 8.78 Å². The molecule has 2 aromatic rings. The number of fused-ring (bicyclic) bond motifs is 1. The molecular weight excluding hydrogens is 266 g/mol. The van der Waals surface area contributed by atoms with E-state index in [9.17, 15) is 8.78 Å². The van der Waals surface area contributed by atoms with Crippen molar-refractivity contribution < 1.29 is 8.78 Å². The highest BCUT2D eigenvalue weighted by molar-refractivity contribution is 9.10. The second kappa shape index (κ2) is 3.56. The minimum absolute atomic E-state index is 0.0550. The molecular formula is C10H9BrF2N2. The zero-order chi connectivity index (χ0) is 11.2. The van der Waals surface area contributed by atoms with Crippen LogP contribution in [-0.2, 0) is 0 Å². The summed E-state index contributed by atoms with van der Waals surface area (Å²) in [6.45, 7) is 3.86. The van der Waals surface area contributed by atoms with Crippen molar-refractivity contribution in [3.05, 3.63) is 28.0 Å². The molecule has 1 aromatic heterocycles. The first-order valence-electron chi connectivity index (χ1n) is 4.53. The second-order valence-electron chi connectivity index (χ2n) is 3.66. The summed E-state index contributed by atoms with van der Waals surface area (Å²) in [4.78, 5) is 6.98. The summed E-state index contributed by atoms with van der Waals surface area (Å²) in [5.41, 5.74) is 0.559. The Labute approximate surface area is 93.8 Å². The Morgan fingerprint density at radius 3 is 2.60 bits per heavy atom. The fourth-order valence-electron chi connectivity index (χ4n) is 1.35. The van der Waals surface area contributed by atoms with Crippen LogP contribution in [0.2, 0.25) is 0 Å². The van der Waals surface area contributed by atoms with Gasteiger partial charge in [0.1, 0.15) is 11.3 Å². The largest absolute Gasteiger partial charge is 0.342 e. The van der Waals surface area contributed by atoms with Crippen LogP contribution in [0.1, 0.15) is 25.6 Å². The van der Waals surface area contributed by atoms with E-state index >= 15 is 0 Å². The molecule has 0 bridgehead atoms. The number of imidazole rings is 1. The number of nitrogens with zero attached hydrogens (tertiary/aromatic N) is 1. The van der Waals surface area contributed by atoms with Gasteiger partial charge < -0.3 is 4.98 Å². The summed E-state index contributed by atoms with van der Waals surface area (Å²) < 4.78 is 26.7. The number of nitrogens with one attached hydrogen (secondary N) is 1. The molecule has 80 valence electrons.